The number of ether oxygens (including phenoxy) is 2. The van der Waals surface area contributed by atoms with Gasteiger partial charge in [-0.15, -0.1) is 0 Å². The van der Waals surface area contributed by atoms with Gasteiger partial charge in [0, 0.05) is 50.3 Å². The standard InChI is InChI=1S/C20H40N4O2/c1-2-6-18-17(5-1)21-9-13-25-15-11-23-19-7-3-4-8-20(19)24-12-16-26-14-10-22-18/h17-24H,1-16H2/t17-,18-,19-,20-/m0/s1. The zero-order valence-electron chi connectivity index (χ0n) is 16.4. The quantitative estimate of drug-likeness (QED) is 0.512. The van der Waals surface area contributed by atoms with Gasteiger partial charge in [-0.2, -0.15) is 0 Å². The Hall–Kier alpha value is -0.240. The number of nitrogens with one attached hydrogen (secondary N) is 4. The molecule has 2 aliphatic carbocycles. The summed E-state index contributed by atoms with van der Waals surface area (Å²) in [4.78, 5) is 0. The molecule has 1 aliphatic heterocycles. The summed E-state index contributed by atoms with van der Waals surface area (Å²) in [5.41, 5.74) is 0. The molecule has 0 aromatic heterocycles. The summed E-state index contributed by atoms with van der Waals surface area (Å²) >= 11 is 0. The summed E-state index contributed by atoms with van der Waals surface area (Å²) in [6, 6.07) is 2.31. The highest BCUT2D eigenvalue weighted by Gasteiger charge is 2.25. The SMILES string of the molecule is C1CC[C@@H]2NCCOCCN[C@H]3CCCC[C@@H]3NCCOCCN[C@H]2C1. The third-order valence-electron chi connectivity index (χ3n) is 6.14. The number of hydrogen-bond acceptors (Lipinski definition) is 6. The molecule has 0 aromatic rings. The van der Waals surface area contributed by atoms with Crippen molar-refractivity contribution < 1.29 is 9.47 Å². The fourth-order valence-electron chi connectivity index (χ4n) is 4.71. The lowest BCUT2D eigenvalue weighted by Crippen LogP contribution is -2.52. The van der Waals surface area contributed by atoms with E-state index in [4.69, 9.17) is 9.47 Å². The molecule has 6 nitrogen and oxygen atoms in total. The molecule has 6 heteroatoms. The first-order valence-electron chi connectivity index (χ1n) is 11.0. The fraction of sp³-hybridized carbons (Fsp3) is 1.00. The first-order chi connectivity index (χ1) is 12.9. The smallest absolute Gasteiger partial charge is 0.0591 e. The van der Waals surface area contributed by atoms with Gasteiger partial charge in [-0.05, 0) is 25.7 Å². The van der Waals surface area contributed by atoms with Crippen molar-refractivity contribution in [2.24, 2.45) is 0 Å². The van der Waals surface area contributed by atoms with Gasteiger partial charge in [0.1, 0.15) is 0 Å². The van der Waals surface area contributed by atoms with Crippen LogP contribution in [0.25, 0.3) is 0 Å². The highest BCUT2D eigenvalue weighted by atomic mass is 16.5. The second kappa shape index (κ2) is 12.3. The Bertz CT molecular complexity index is 306. The molecule has 1 heterocycles. The summed E-state index contributed by atoms with van der Waals surface area (Å²) in [7, 11) is 0. The van der Waals surface area contributed by atoms with E-state index in [9.17, 15) is 0 Å². The van der Waals surface area contributed by atoms with Crippen molar-refractivity contribution in [2.45, 2.75) is 75.5 Å². The van der Waals surface area contributed by atoms with E-state index in [-0.39, 0.29) is 0 Å². The highest BCUT2D eigenvalue weighted by molar-refractivity contribution is 4.87. The second-order valence-electron chi connectivity index (χ2n) is 8.04. The van der Waals surface area contributed by atoms with Crippen molar-refractivity contribution in [3.8, 4) is 0 Å². The van der Waals surface area contributed by atoms with E-state index in [0.717, 1.165) is 52.6 Å². The first kappa shape index (κ1) is 20.5. The van der Waals surface area contributed by atoms with Crippen LogP contribution in [-0.2, 0) is 9.47 Å². The van der Waals surface area contributed by atoms with Crippen molar-refractivity contribution in [3.05, 3.63) is 0 Å². The van der Waals surface area contributed by atoms with Crippen LogP contribution in [0.15, 0.2) is 0 Å². The van der Waals surface area contributed by atoms with Gasteiger partial charge in [0.25, 0.3) is 0 Å². The van der Waals surface area contributed by atoms with Gasteiger partial charge in [-0.1, -0.05) is 25.7 Å². The maximum atomic E-state index is 5.85. The minimum atomic E-state index is 0.578. The molecule has 0 radical (unpaired) electrons. The predicted molar refractivity (Wildman–Crippen MR) is 106 cm³/mol. The van der Waals surface area contributed by atoms with E-state index in [1.165, 1.54) is 51.4 Å². The normalized spacial score (nSPS) is 36.9. The van der Waals surface area contributed by atoms with Gasteiger partial charge in [0.05, 0.1) is 26.4 Å². The summed E-state index contributed by atoms with van der Waals surface area (Å²) in [5, 5.41) is 14.8. The summed E-state index contributed by atoms with van der Waals surface area (Å²) in [6.45, 7) is 7.03. The lowest BCUT2D eigenvalue weighted by atomic mass is 9.90. The molecule has 26 heavy (non-hydrogen) atoms. The van der Waals surface area contributed by atoms with Crippen LogP contribution in [0, 0.1) is 0 Å². The maximum absolute atomic E-state index is 5.85. The van der Waals surface area contributed by atoms with E-state index >= 15 is 0 Å². The molecule has 4 N–H and O–H groups in total. The molecule has 3 rings (SSSR count). The van der Waals surface area contributed by atoms with Crippen molar-refractivity contribution in [1.29, 1.82) is 0 Å². The van der Waals surface area contributed by atoms with E-state index < -0.39 is 0 Å². The number of rotatable bonds is 0. The Labute approximate surface area is 159 Å². The molecule has 3 aliphatic rings. The molecule has 1 saturated heterocycles. The van der Waals surface area contributed by atoms with Crippen LogP contribution in [0.1, 0.15) is 51.4 Å². The molecule has 0 spiro atoms. The fourth-order valence-corrected chi connectivity index (χ4v) is 4.71. The van der Waals surface area contributed by atoms with Crippen LogP contribution in [0.5, 0.6) is 0 Å². The van der Waals surface area contributed by atoms with Crippen LogP contribution >= 0.6 is 0 Å². The van der Waals surface area contributed by atoms with Gasteiger partial charge in [0.2, 0.25) is 0 Å². The molecule has 0 aromatic carbocycles. The first-order valence-corrected chi connectivity index (χ1v) is 11.0. The van der Waals surface area contributed by atoms with Crippen molar-refractivity contribution in [3.63, 3.8) is 0 Å². The minimum Gasteiger partial charge on any atom is -0.379 e. The van der Waals surface area contributed by atoms with Gasteiger partial charge >= 0.3 is 0 Å². The van der Waals surface area contributed by atoms with Gasteiger partial charge < -0.3 is 30.7 Å². The van der Waals surface area contributed by atoms with Gasteiger partial charge in [-0.3, -0.25) is 0 Å². The van der Waals surface area contributed by atoms with Crippen LogP contribution < -0.4 is 21.3 Å². The van der Waals surface area contributed by atoms with Crippen LogP contribution in [0.3, 0.4) is 0 Å². The van der Waals surface area contributed by atoms with E-state index in [0.29, 0.717) is 24.2 Å². The number of fused-ring (bicyclic) bond motifs is 2. The average Bonchev–Trinajstić information content (AvgIpc) is 2.68. The third-order valence-corrected chi connectivity index (χ3v) is 6.14. The minimum absolute atomic E-state index is 0.578. The van der Waals surface area contributed by atoms with E-state index in [1.807, 2.05) is 0 Å². The van der Waals surface area contributed by atoms with Gasteiger partial charge in [-0.25, -0.2) is 0 Å². The van der Waals surface area contributed by atoms with E-state index in [2.05, 4.69) is 21.3 Å². The molecule has 3 fully saturated rings. The zero-order valence-corrected chi connectivity index (χ0v) is 16.4. The molecule has 0 amide bonds. The summed E-state index contributed by atoms with van der Waals surface area (Å²) in [6.07, 6.45) is 10.4. The largest absolute Gasteiger partial charge is 0.379 e. The molecule has 4 atom stereocenters. The van der Waals surface area contributed by atoms with Crippen LogP contribution in [0.4, 0.5) is 0 Å². The molecule has 2 saturated carbocycles. The molecule has 0 unspecified atom stereocenters. The molecule has 152 valence electrons. The van der Waals surface area contributed by atoms with Crippen molar-refractivity contribution in [2.75, 3.05) is 52.6 Å². The van der Waals surface area contributed by atoms with E-state index in [1.54, 1.807) is 0 Å². The van der Waals surface area contributed by atoms with Crippen LogP contribution in [0.2, 0.25) is 0 Å². The molecular formula is C20H40N4O2. The summed E-state index contributed by atoms with van der Waals surface area (Å²) in [5.74, 6) is 0. The monoisotopic (exact) mass is 368 g/mol. The second-order valence-corrected chi connectivity index (χ2v) is 8.04. The topological polar surface area (TPSA) is 66.6 Å². The lowest BCUT2D eigenvalue weighted by Gasteiger charge is -2.34. The maximum Gasteiger partial charge on any atom is 0.0591 e. The third kappa shape index (κ3) is 7.06. The Kier molecular flexibility index (Phi) is 9.67. The van der Waals surface area contributed by atoms with Crippen LogP contribution in [-0.4, -0.2) is 76.8 Å². The molecule has 0 bridgehead atoms. The predicted octanol–water partition coefficient (Wildman–Crippen LogP) is 1.01. The average molecular weight is 369 g/mol. The Morgan fingerprint density at radius 1 is 0.423 bits per heavy atom. The molecular weight excluding hydrogens is 328 g/mol. The highest BCUT2D eigenvalue weighted by Crippen LogP contribution is 2.19. The van der Waals surface area contributed by atoms with Crippen molar-refractivity contribution >= 4 is 0 Å². The van der Waals surface area contributed by atoms with Crippen molar-refractivity contribution in [1.82, 2.24) is 21.3 Å². The Morgan fingerprint density at radius 3 is 0.962 bits per heavy atom. The Morgan fingerprint density at radius 2 is 0.692 bits per heavy atom. The Balaban J connectivity index is 1.44. The summed E-state index contributed by atoms with van der Waals surface area (Å²) < 4.78 is 11.7. The number of hydrogen-bond donors (Lipinski definition) is 4. The lowest BCUT2D eigenvalue weighted by molar-refractivity contribution is 0.113. The van der Waals surface area contributed by atoms with Gasteiger partial charge in [0.15, 0.2) is 0 Å². The zero-order chi connectivity index (χ0) is 17.9.